The van der Waals surface area contributed by atoms with E-state index in [0.717, 1.165) is 5.56 Å². The van der Waals surface area contributed by atoms with Gasteiger partial charge in [0.2, 0.25) is 6.10 Å². The summed E-state index contributed by atoms with van der Waals surface area (Å²) in [5.74, 6) is -2.58. The average Bonchev–Trinajstić information content (AvgIpc) is 2.83. The molecule has 0 bridgehead atoms. The van der Waals surface area contributed by atoms with Crippen LogP contribution in [0.2, 0.25) is 0 Å². The van der Waals surface area contributed by atoms with Gasteiger partial charge in [0.25, 0.3) is 5.91 Å². The number of ether oxygens (including phenoxy) is 1. The highest BCUT2D eigenvalue weighted by atomic mass is 16.5. The Hall–Kier alpha value is -3.27. The number of carbonyl (C=O) groups excluding carboxylic acids is 2. The van der Waals surface area contributed by atoms with Gasteiger partial charge in [-0.2, -0.15) is 0 Å². The van der Waals surface area contributed by atoms with E-state index in [0.29, 0.717) is 43.6 Å². The Morgan fingerprint density at radius 2 is 1.64 bits per heavy atom. The van der Waals surface area contributed by atoms with Gasteiger partial charge < -0.3 is 31.3 Å². The topological polar surface area (TPSA) is 151 Å². The van der Waals surface area contributed by atoms with Crippen LogP contribution in [0.1, 0.15) is 34.3 Å². The predicted molar refractivity (Wildman–Crippen MR) is 121 cm³/mol. The minimum absolute atomic E-state index is 0.0467. The Kier molecular flexibility index (Phi) is 8.53. The second kappa shape index (κ2) is 11.6. The van der Waals surface area contributed by atoms with Crippen LogP contribution in [0.4, 0.5) is 0 Å². The number of Topliss-reactive ketones (excluding diaryl/α,β-unsaturated/α-hetero) is 1. The lowest BCUT2D eigenvalue weighted by molar-refractivity contribution is -0.162. The van der Waals surface area contributed by atoms with Crippen LogP contribution in [-0.2, 0) is 27.3 Å². The molecule has 2 aromatic rings. The first-order valence-electron chi connectivity index (χ1n) is 10.9. The maximum atomic E-state index is 13.3. The molecule has 1 fully saturated rings. The van der Waals surface area contributed by atoms with Crippen molar-refractivity contribution in [2.45, 2.75) is 44.1 Å². The van der Waals surface area contributed by atoms with Crippen LogP contribution in [0.3, 0.4) is 0 Å². The molecule has 0 saturated carbocycles. The number of aromatic hydroxyl groups is 1. The number of phenols is 1. The molecule has 176 valence electrons. The number of piperidine rings is 1. The number of carboxylic acid groups (broad SMARTS) is 1. The Morgan fingerprint density at radius 1 is 1.03 bits per heavy atom. The molecule has 0 aromatic heterocycles. The molecule has 9 nitrogen and oxygen atoms in total. The van der Waals surface area contributed by atoms with Crippen LogP contribution < -0.4 is 16.4 Å². The molecule has 6 N–H and O–H groups in total. The molecule has 33 heavy (non-hydrogen) atoms. The molecule has 1 aliphatic heterocycles. The number of amides is 1. The molecule has 2 aromatic carbocycles. The summed E-state index contributed by atoms with van der Waals surface area (Å²) in [5, 5.41) is 25.1. The van der Waals surface area contributed by atoms with E-state index in [-0.39, 0.29) is 18.3 Å². The van der Waals surface area contributed by atoms with E-state index >= 15 is 0 Å². The van der Waals surface area contributed by atoms with Crippen molar-refractivity contribution < 1.29 is 29.3 Å². The third kappa shape index (κ3) is 6.85. The average molecular weight is 456 g/mol. The van der Waals surface area contributed by atoms with Crippen LogP contribution in [0, 0.1) is 0 Å². The number of carbonyl (C=O) groups is 3. The minimum atomic E-state index is -1.70. The highest BCUT2D eigenvalue weighted by Crippen LogP contribution is 2.16. The van der Waals surface area contributed by atoms with Crippen molar-refractivity contribution in [2.24, 2.45) is 5.73 Å². The zero-order valence-electron chi connectivity index (χ0n) is 18.2. The summed E-state index contributed by atoms with van der Waals surface area (Å²) < 4.78 is 5.68. The Bertz CT molecular complexity index is 955. The molecule has 1 heterocycles. The molecule has 0 aliphatic carbocycles. The van der Waals surface area contributed by atoms with Crippen molar-refractivity contribution in [1.29, 1.82) is 0 Å². The number of phenolic OH excluding ortho intramolecular Hbond substituents is 1. The number of hydrogen-bond acceptors (Lipinski definition) is 7. The number of nitrogens with two attached hydrogens (primary N) is 1. The number of benzene rings is 2. The van der Waals surface area contributed by atoms with Crippen LogP contribution in [0.25, 0.3) is 0 Å². The van der Waals surface area contributed by atoms with Gasteiger partial charge in [-0.3, -0.25) is 9.59 Å². The van der Waals surface area contributed by atoms with Crippen molar-refractivity contribution in [3.63, 3.8) is 0 Å². The normalized spacial score (nSPS) is 16.0. The van der Waals surface area contributed by atoms with Crippen molar-refractivity contribution >= 4 is 17.7 Å². The summed E-state index contributed by atoms with van der Waals surface area (Å²) in [6, 6.07) is 11.6. The molecule has 0 radical (unpaired) electrons. The van der Waals surface area contributed by atoms with Crippen molar-refractivity contribution in [1.82, 2.24) is 10.6 Å². The Morgan fingerprint density at radius 3 is 2.21 bits per heavy atom. The first-order chi connectivity index (χ1) is 15.9. The van der Waals surface area contributed by atoms with E-state index in [1.807, 2.05) is 0 Å². The fourth-order valence-electron chi connectivity index (χ4n) is 3.68. The van der Waals surface area contributed by atoms with Crippen molar-refractivity contribution in [3.05, 3.63) is 65.2 Å². The maximum absolute atomic E-state index is 13.3. The number of rotatable bonds is 10. The number of nitrogens with one attached hydrogen (secondary N) is 2. The Labute approximate surface area is 191 Å². The van der Waals surface area contributed by atoms with Crippen molar-refractivity contribution in [3.8, 4) is 5.75 Å². The van der Waals surface area contributed by atoms with Gasteiger partial charge >= 0.3 is 5.97 Å². The summed E-state index contributed by atoms with van der Waals surface area (Å²) in [5.41, 5.74) is 7.42. The van der Waals surface area contributed by atoms with Gasteiger partial charge in [-0.05, 0) is 67.7 Å². The van der Waals surface area contributed by atoms with Gasteiger partial charge in [0.1, 0.15) is 5.75 Å². The molecule has 9 heteroatoms. The standard InChI is InChI=1S/C24H29N3O6/c25-14-16-1-5-17(6-2-16)23(30)27-20(13-15-3-7-18(28)8-4-15)21(29)22(24(31)32)33-19-9-11-26-12-10-19/h1-8,19-20,22,26,28H,9-14,25H2,(H,27,30)(H,31,32). The summed E-state index contributed by atoms with van der Waals surface area (Å²) >= 11 is 0. The third-order valence-corrected chi connectivity index (χ3v) is 5.57. The van der Waals surface area contributed by atoms with Gasteiger partial charge in [0, 0.05) is 12.1 Å². The molecule has 1 aliphatic rings. The number of carboxylic acids is 1. The quantitative estimate of drug-likeness (QED) is 0.333. The smallest absolute Gasteiger partial charge is 0.340 e. The Balaban J connectivity index is 1.81. The van der Waals surface area contributed by atoms with Gasteiger partial charge in [0.15, 0.2) is 5.78 Å². The molecule has 2 atom stereocenters. The summed E-state index contributed by atoms with van der Waals surface area (Å²) in [4.78, 5) is 38.1. The molecular formula is C24H29N3O6. The summed E-state index contributed by atoms with van der Waals surface area (Å²) in [7, 11) is 0. The van der Waals surface area contributed by atoms with Crippen molar-refractivity contribution in [2.75, 3.05) is 13.1 Å². The zero-order chi connectivity index (χ0) is 23.8. The maximum Gasteiger partial charge on any atom is 0.340 e. The van der Waals surface area contributed by atoms with E-state index < -0.39 is 29.8 Å². The second-order valence-corrected chi connectivity index (χ2v) is 8.00. The molecule has 1 saturated heterocycles. The number of ketones is 1. The first kappa shape index (κ1) is 24.4. The fraction of sp³-hybridized carbons (Fsp3) is 0.375. The number of hydrogen-bond donors (Lipinski definition) is 5. The number of aliphatic carboxylic acids is 1. The summed E-state index contributed by atoms with van der Waals surface area (Å²) in [6.07, 6.45) is -0.815. The van der Waals surface area contributed by atoms with E-state index in [9.17, 15) is 24.6 Å². The van der Waals surface area contributed by atoms with E-state index in [2.05, 4.69) is 10.6 Å². The second-order valence-electron chi connectivity index (χ2n) is 8.00. The zero-order valence-corrected chi connectivity index (χ0v) is 18.2. The predicted octanol–water partition coefficient (Wildman–Crippen LogP) is 0.983. The van der Waals surface area contributed by atoms with Gasteiger partial charge in [-0.15, -0.1) is 0 Å². The molecule has 1 amide bonds. The lowest BCUT2D eigenvalue weighted by atomic mass is 9.97. The van der Waals surface area contributed by atoms with E-state index in [4.69, 9.17) is 10.5 Å². The van der Waals surface area contributed by atoms with E-state index in [1.165, 1.54) is 12.1 Å². The van der Waals surface area contributed by atoms with Crippen LogP contribution in [0.15, 0.2) is 48.5 Å². The molecule has 2 unspecified atom stereocenters. The van der Waals surface area contributed by atoms with Gasteiger partial charge in [-0.25, -0.2) is 4.79 Å². The van der Waals surface area contributed by atoms with Crippen LogP contribution in [-0.4, -0.2) is 59.2 Å². The third-order valence-electron chi connectivity index (χ3n) is 5.57. The highest BCUT2D eigenvalue weighted by Gasteiger charge is 2.36. The molecular weight excluding hydrogens is 426 g/mol. The van der Waals surface area contributed by atoms with Crippen LogP contribution in [0.5, 0.6) is 5.75 Å². The fourth-order valence-corrected chi connectivity index (χ4v) is 3.68. The molecule has 3 rings (SSSR count). The molecule has 0 spiro atoms. The lowest BCUT2D eigenvalue weighted by Crippen LogP contribution is -2.51. The summed E-state index contributed by atoms with van der Waals surface area (Å²) in [6.45, 7) is 1.69. The minimum Gasteiger partial charge on any atom is -0.508 e. The van der Waals surface area contributed by atoms with E-state index in [1.54, 1.807) is 36.4 Å². The largest absolute Gasteiger partial charge is 0.508 e. The highest BCUT2D eigenvalue weighted by molar-refractivity contribution is 6.06. The lowest BCUT2D eigenvalue weighted by Gasteiger charge is -2.28. The first-order valence-corrected chi connectivity index (χ1v) is 10.9. The van der Waals surface area contributed by atoms with Gasteiger partial charge in [-0.1, -0.05) is 24.3 Å². The SMILES string of the molecule is NCc1ccc(C(=O)NC(Cc2ccc(O)cc2)C(=O)C(OC2CCNCC2)C(=O)O)cc1. The van der Waals surface area contributed by atoms with Gasteiger partial charge in [0.05, 0.1) is 12.1 Å². The monoisotopic (exact) mass is 455 g/mol. The van der Waals surface area contributed by atoms with Crippen LogP contribution >= 0.6 is 0 Å².